The molecule has 1 saturated heterocycles. The maximum atomic E-state index is 11.8. The van der Waals surface area contributed by atoms with Crippen molar-refractivity contribution < 1.29 is 14.4 Å². The van der Waals surface area contributed by atoms with Crippen LogP contribution < -0.4 is 15.5 Å². The molecule has 0 unspecified atom stereocenters. The van der Waals surface area contributed by atoms with Crippen LogP contribution in [-0.2, 0) is 9.59 Å². The molecule has 120 valence electrons. The molecule has 0 radical (unpaired) electrons. The van der Waals surface area contributed by atoms with Gasteiger partial charge in [0.2, 0.25) is 11.8 Å². The lowest BCUT2D eigenvalue weighted by Crippen LogP contribution is -2.34. The zero-order valence-electron chi connectivity index (χ0n) is 12.8. The SMILES string of the molecule is CC(C)NC(=O)Nc1ccc2nc(N3C(=O)CCC3=O)sc2c1. The summed E-state index contributed by atoms with van der Waals surface area (Å²) in [5, 5.41) is 5.87. The van der Waals surface area contributed by atoms with Crippen molar-refractivity contribution in [2.45, 2.75) is 32.7 Å². The topological polar surface area (TPSA) is 91.4 Å². The van der Waals surface area contributed by atoms with Crippen LogP contribution in [0, 0.1) is 0 Å². The number of nitrogens with one attached hydrogen (secondary N) is 2. The maximum absolute atomic E-state index is 11.8. The summed E-state index contributed by atoms with van der Waals surface area (Å²) in [6, 6.07) is 5.03. The van der Waals surface area contributed by atoms with E-state index >= 15 is 0 Å². The Balaban J connectivity index is 1.85. The van der Waals surface area contributed by atoms with Gasteiger partial charge >= 0.3 is 6.03 Å². The molecule has 0 bridgehead atoms. The van der Waals surface area contributed by atoms with Crippen molar-refractivity contribution in [2.24, 2.45) is 0 Å². The molecule has 0 atom stereocenters. The smallest absolute Gasteiger partial charge is 0.319 e. The number of carbonyl (C=O) groups excluding carboxylic acids is 3. The van der Waals surface area contributed by atoms with Crippen molar-refractivity contribution in [1.82, 2.24) is 10.3 Å². The highest BCUT2D eigenvalue weighted by molar-refractivity contribution is 7.22. The zero-order chi connectivity index (χ0) is 16.6. The van der Waals surface area contributed by atoms with Crippen LogP contribution in [0.4, 0.5) is 15.6 Å². The molecule has 1 fully saturated rings. The maximum Gasteiger partial charge on any atom is 0.319 e. The first kappa shape index (κ1) is 15.4. The third kappa shape index (κ3) is 3.16. The van der Waals surface area contributed by atoms with Crippen LogP contribution in [0.15, 0.2) is 18.2 Å². The van der Waals surface area contributed by atoms with E-state index in [-0.39, 0.29) is 36.7 Å². The van der Waals surface area contributed by atoms with Crippen LogP contribution in [-0.4, -0.2) is 28.9 Å². The minimum Gasteiger partial charge on any atom is -0.336 e. The van der Waals surface area contributed by atoms with Gasteiger partial charge in [-0.3, -0.25) is 9.59 Å². The zero-order valence-corrected chi connectivity index (χ0v) is 13.6. The first-order valence-corrected chi connectivity index (χ1v) is 8.09. The number of imide groups is 1. The van der Waals surface area contributed by atoms with Crippen molar-refractivity contribution in [3.05, 3.63) is 18.2 Å². The number of fused-ring (bicyclic) bond motifs is 1. The van der Waals surface area contributed by atoms with Crippen molar-refractivity contribution in [2.75, 3.05) is 10.2 Å². The molecule has 0 saturated carbocycles. The summed E-state index contributed by atoms with van der Waals surface area (Å²) in [4.78, 5) is 40.8. The molecule has 3 rings (SSSR count). The summed E-state index contributed by atoms with van der Waals surface area (Å²) in [5.74, 6) is -0.438. The molecule has 8 heteroatoms. The Kier molecular flexibility index (Phi) is 3.99. The Morgan fingerprint density at radius 3 is 2.61 bits per heavy atom. The van der Waals surface area contributed by atoms with E-state index in [2.05, 4.69) is 15.6 Å². The van der Waals surface area contributed by atoms with Gasteiger partial charge in [-0.25, -0.2) is 14.7 Å². The number of hydrogen-bond acceptors (Lipinski definition) is 5. The normalized spacial score (nSPS) is 14.8. The van der Waals surface area contributed by atoms with Crippen LogP contribution >= 0.6 is 11.3 Å². The first-order valence-electron chi connectivity index (χ1n) is 7.28. The third-order valence-electron chi connectivity index (χ3n) is 3.30. The number of anilines is 2. The number of urea groups is 1. The van der Waals surface area contributed by atoms with Crippen LogP contribution in [0.1, 0.15) is 26.7 Å². The molecule has 4 amide bonds. The van der Waals surface area contributed by atoms with Crippen molar-refractivity contribution in [1.29, 1.82) is 0 Å². The van der Waals surface area contributed by atoms with E-state index in [0.29, 0.717) is 16.3 Å². The molecule has 7 nitrogen and oxygen atoms in total. The van der Waals surface area contributed by atoms with Gasteiger partial charge in [0.1, 0.15) is 0 Å². The predicted octanol–water partition coefficient (Wildman–Crippen LogP) is 2.48. The van der Waals surface area contributed by atoms with Gasteiger partial charge in [-0.1, -0.05) is 11.3 Å². The van der Waals surface area contributed by atoms with Crippen LogP contribution in [0.3, 0.4) is 0 Å². The second kappa shape index (κ2) is 5.96. The highest BCUT2D eigenvalue weighted by atomic mass is 32.1. The fraction of sp³-hybridized carbons (Fsp3) is 0.333. The van der Waals surface area contributed by atoms with E-state index in [9.17, 15) is 14.4 Å². The average molecular weight is 332 g/mol. The van der Waals surface area contributed by atoms with Crippen LogP contribution in [0.5, 0.6) is 0 Å². The van der Waals surface area contributed by atoms with Crippen molar-refractivity contribution >= 4 is 50.2 Å². The molecule has 2 heterocycles. The first-order chi connectivity index (χ1) is 10.9. The highest BCUT2D eigenvalue weighted by Crippen LogP contribution is 2.33. The Morgan fingerprint density at radius 2 is 1.96 bits per heavy atom. The molecular weight excluding hydrogens is 316 g/mol. The van der Waals surface area contributed by atoms with Gasteiger partial charge in [0.25, 0.3) is 0 Å². The van der Waals surface area contributed by atoms with Gasteiger partial charge in [-0.15, -0.1) is 0 Å². The molecule has 1 aliphatic heterocycles. The standard InChI is InChI=1S/C15H16N4O3S/c1-8(2)16-14(22)17-9-3-4-10-11(7-9)23-15(18-10)19-12(20)5-6-13(19)21/h3-4,7-8H,5-6H2,1-2H3,(H2,16,17,22). The van der Waals surface area contributed by atoms with Gasteiger partial charge < -0.3 is 10.6 Å². The minimum absolute atomic E-state index is 0.0425. The number of rotatable bonds is 3. The van der Waals surface area contributed by atoms with E-state index < -0.39 is 0 Å². The van der Waals surface area contributed by atoms with Crippen molar-refractivity contribution in [3.8, 4) is 0 Å². The van der Waals surface area contributed by atoms with Gasteiger partial charge in [0.15, 0.2) is 5.13 Å². The van der Waals surface area contributed by atoms with Gasteiger partial charge in [-0.05, 0) is 32.0 Å². The largest absolute Gasteiger partial charge is 0.336 e. The van der Waals surface area contributed by atoms with E-state index in [4.69, 9.17) is 0 Å². The van der Waals surface area contributed by atoms with Crippen molar-refractivity contribution in [3.63, 3.8) is 0 Å². The Hall–Kier alpha value is -2.48. The molecule has 2 N–H and O–H groups in total. The van der Waals surface area contributed by atoms with Crippen LogP contribution in [0.2, 0.25) is 0 Å². The summed E-state index contributed by atoms with van der Waals surface area (Å²) in [6.45, 7) is 3.75. The number of carbonyl (C=O) groups is 3. The molecular formula is C15H16N4O3S. The summed E-state index contributed by atoms with van der Waals surface area (Å²) in [5.41, 5.74) is 1.32. The Morgan fingerprint density at radius 1 is 1.26 bits per heavy atom. The second-order valence-electron chi connectivity index (χ2n) is 5.55. The number of nitrogens with zero attached hydrogens (tertiary/aromatic N) is 2. The highest BCUT2D eigenvalue weighted by Gasteiger charge is 2.32. The molecule has 1 aliphatic rings. The average Bonchev–Trinajstić information content (AvgIpc) is 3.00. The molecule has 1 aromatic carbocycles. The lowest BCUT2D eigenvalue weighted by molar-refractivity contribution is -0.121. The minimum atomic E-state index is -0.283. The summed E-state index contributed by atoms with van der Waals surface area (Å²) in [7, 11) is 0. The molecule has 1 aromatic heterocycles. The molecule has 23 heavy (non-hydrogen) atoms. The van der Waals surface area contributed by atoms with E-state index in [0.717, 1.165) is 9.60 Å². The van der Waals surface area contributed by atoms with E-state index in [1.807, 2.05) is 13.8 Å². The third-order valence-corrected chi connectivity index (χ3v) is 4.30. The molecule has 0 aliphatic carbocycles. The Bertz CT molecular complexity index is 783. The fourth-order valence-corrected chi connectivity index (χ4v) is 3.34. The van der Waals surface area contributed by atoms with Gasteiger partial charge in [0.05, 0.1) is 10.2 Å². The van der Waals surface area contributed by atoms with Crippen LogP contribution in [0.25, 0.3) is 10.2 Å². The number of aromatic nitrogens is 1. The van der Waals surface area contributed by atoms with Gasteiger partial charge in [0, 0.05) is 24.6 Å². The monoisotopic (exact) mass is 332 g/mol. The fourth-order valence-electron chi connectivity index (χ4n) is 2.31. The number of hydrogen-bond donors (Lipinski definition) is 2. The predicted molar refractivity (Wildman–Crippen MR) is 88.6 cm³/mol. The number of benzene rings is 1. The van der Waals surface area contributed by atoms with Gasteiger partial charge in [-0.2, -0.15) is 0 Å². The summed E-state index contributed by atoms with van der Waals surface area (Å²) >= 11 is 1.26. The second-order valence-corrected chi connectivity index (χ2v) is 6.56. The lowest BCUT2D eigenvalue weighted by atomic mass is 10.3. The quantitative estimate of drug-likeness (QED) is 0.845. The summed E-state index contributed by atoms with van der Waals surface area (Å²) in [6.07, 6.45) is 0.466. The van der Waals surface area contributed by atoms with E-state index in [1.54, 1.807) is 18.2 Å². The summed E-state index contributed by atoms with van der Waals surface area (Å²) < 4.78 is 0.801. The Labute approximate surface area is 136 Å². The molecule has 2 aromatic rings. The van der Waals surface area contributed by atoms with E-state index in [1.165, 1.54) is 11.3 Å². The number of thiazole rings is 1. The number of amides is 4. The lowest BCUT2D eigenvalue weighted by Gasteiger charge is -2.09. The molecule has 0 spiro atoms.